The van der Waals surface area contributed by atoms with Crippen LogP contribution < -0.4 is 4.90 Å². The summed E-state index contributed by atoms with van der Waals surface area (Å²) >= 11 is 1.84. The highest BCUT2D eigenvalue weighted by molar-refractivity contribution is 7.25. The van der Waals surface area contributed by atoms with Gasteiger partial charge in [-0.05, 0) is 83.4 Å². The molecular formula is C48H29NO2S. The summed E-state index contributed by atoms with van der Waals surface area (Å²) in [5.74, 6) is 0. The van der Waals surface area contributed by atoms with Crippen LogP contribution in [0.3, 0.4) is 0 Å². The van der Waals surface area contributed by atoms with Gasteiger partial charge in [-0.25, -0.2) is 0 Å². The smallest absolute Gasteiger partial charge is 0.143 e. The van der Waals surface area contributed by atoms with Crippen LogP contribution in [-0.4, -0.2) is 0 Å². The Kier molecular flexibility index (Phi) is 6.42. The van der Waals surface area contributed by atoms with Gasteiger partial charge in [0.25, 0.3) is 0 Å². The average molecular weight is 684 g/mol. The maximum Gasteiger partial charge on any atom is 0.143 e. The second kappa shape index (κ2) is 11.5. The van der Waals surface area contributed by atoms with E-state index in [4.69, 9.17) is 8.83 Å². The van der Waals surface area contributed by atoms with Gasteiger partial charge in [-0.3, -0.25) is 0 Å². The first-order valence-electron chi connectivity index (χ1n) is 17.5. The van der Waals surface area contributed by atoms with Gasteiger partial charge in [-0.1, -0.05) is 109 Å². The molecule has 0 aliphatic carbocycles. The molecule has 0 N–H and O–H groups in total. The van der Waals surface area contributed by atoms with Crippen molar-refractivity contribution in [1.29, 1.82) is 0 Å². The van der Waals surface area contributed by atoms with Crippen LogP contribution in [0.1, 0.15) is 0 Å². The zero-order valence-corrected chi connectivity index (χ0v) is 28.7. The molecule has 0 atom stereocenters. The van der Waals surface area contributed by atoms with Gasteiger partial charge >= 0.3 is 0 Å². The molecule has 0 radical (unpaired) electrons. The zero-order valence-electron chi connectivity index (χ0n) is 27.9. The third kappa shape index (κ3) is 4.58. The van der Waals surface area contributed by atoms with Crippen LogP contribution >= 0.6 is 11.3 Å². The van der Waals surface area contributed by atoms with Crippen molar-refractivity contribution in [2.45, 2.75) is 0 Å². The minimum absolute atomic E-state index is 0.858. The topological polar surface area (TPSA) is 29.5 Å². The average Bonchev–Trinajstić information content (AvgIpc) is 3.89. The number of nitrogens with zero attached hydrogens (tertiary/aromatic N) is 1. The second-order valence-corrected chi connectivity index (χ2v) is 14.4. The molecule has 244 valence electrons. The van der Waals surface area contributed by atoms with Crippen LogP contribution in [0.25, 0.3) is 86.3 Å². The summed E-state index contributed by atoms with van der Waals surface area (Å²) in [6, 6.07) is 62.6. The lowest BCUT2D eigenvalue weighted by Gasteiger charge is -2.26. The van der Waals surface area contributed by atoms with Crippen molar-refractivity contribution in [3.05, 3.63) is 176 Å². The zero-order chi connectivity index (χ0) is 34.2. The summed E-state index contributed by atoms with van der Waals surface area (Å²) in [4.78, 5) is 2.38. The maximum atomic E-state index is 6.66. The van der Waals surface area contributed by atoms with Crippen molar-refractivity contribution in [1.82, 2.24) is 0 Å². The number of rotatable bonds is 5. The minimum Gasteiger partial charge on any atom is -0.456 e. The molecule has 11 rings (SSSR count). The fourth-order valence-electron chi connectivity index (χ4n) is 7.78. The van der Waals surface area contributed by atoms with E-state index < -0.39 is 0 Å². The van der Waals surface area contributed by atoms with Crippen LogP contribution in [-0.2, 0) is 0 Å². The molecule has 11 aromatic rings. The molecule has 0 spiro atoms. The van der Waals surface area contributed by atoms with Crippen molar-refractivity contribution in [3.63, 3.8) is 0 Å². The van der Waals surface area contributed by atoms with Crippen molar-refractivity contribution < 1.29 is 8.83 Å². The van der Waals surface area contributed by atoms with Gasteiger partial charge < -0.3 is 13.7 Å². The maximum absolute atomic E-state index is 6.66. The molecule has 0 fully saturated rings. The van der Waals surface area contributed by atoms with Crippen LogP contribution in [0.15, 0.2) is 185 Å². The molecule has 0 aliphatic rings. The number of para-hydroxylation sites is 2. The molecule has 0 bridgehead atoms. The van der Waals surface area contributed by atoms with Gasteiger partial charge in [0.2, 0.25) is 0 Å². The van der Waals surface area contributed by atoms with Crippen LogP contribution in [0, 0.1) is 0 Å². The highest BCUT2D eigenvalue weighted by Crippen LogP contribution is 2.46. The Balaban J connectivity index is 1.16. The van der Waals surface area contributed by atoms with Gasteiger partial charge in [0.05, 0.1) is 0 Å². The second-order valence-electron chi connectivity index (χ2n) is 13.3. The number of thiophene rings is 1. The molecule has 8 aromatic carbocycles. The van der Waals surface area contributed by atoms with E-state index in [9.17, 15) is 0 Å². The van der Waals surface area contributed by atoms with E-state index in [1.165, 1.54) is 31.3 Å². The first-order valence-corrected chi connectivity index (χ1v) is 18.3. The summed E-state index contributed by atoms with van der Waals surface area (Å²) in [5.41, 5.74) is 11.1. The summed E-state index contributed by atoms with van der Waals surface area (Å²) in [6.45, 7) is 0. The summed E-state index contributed by atoms with van der Waals surface area (Å²) in [7, 11) is 0. The molecule has 0 saturated heterocycles. The summed E-state index contributed by atoms with van der Waals surface area (Å²) in [6.07, 6.45) is 0. The van der Waals surface area contributed by atoms with Crippen molar-refractivity contribution in [3.8, 4) is 22.3 Å². The van der Waals surface area contributed by atoms with Gasteiger partial charge in [-0.2, -0.15) is 0 Å². The van der Waals surface area contributed by atoms with Gasteiger partial charge in [0, 0.05) is 64.3 Å². The van der Waals surface area contributed by atoms with Crippen molar-refractivity contribution in [2.75, 3.05) is 4.90 Å². The predicted octanol–water partition coefficient (Wildman–Crippen LogP) is 14.7. The molecule has 3 heterocycles. The van der Waals surface area contributed by atoms with E-state index in [1.807, 2.05) is 29.5 Å². The Morgan fingerprint density at radius 3 is 1.77 bits per heavy atom. The molecule has 3 aromatic heterocycles. The Morgan fingerprint density at radius 2 is 0.942 bits per heavy atom. The van der Waals surface area contributed by atoms with E-state index in [0.717, 1.165) is 72.1 Å². The first-order chi connectivity index (χ1) is 25.7. The quantitative estimate of drug-likeness (QED) is 0.181. The van der Waals surface area contributed by atoms with E-state index >= 15 is 0 Å². The molecular weight excluding hydrogens is 655 g/mol. The predicted molar refractivity (Wildman–Crippen MR) is 219 cm³/mol. The number of fused-ring (bicyclic) bond motifs is 9. The lowest BCUT2D eigenvalue weighted by molar-refractivity contribution is 0.668. The van der Waals surface area contributed by atoms with Gasteiger partial charge in [0.1, 0.15) is 22.3 Å². The molecule has 0 unspecified atom stereocenters. The van der Waals surface area contributed by atoms with Crippen LogP contribution in [0.2, 0.25) is 0 Å². The third-order valence-corrected chi connectivity index (χ3v) is 11.4. The first kappa shape index (κ1) is 29.1. The van der Waals surface area contributed by atoms with Crippen molar-refractivity contribution >= 4 is 92.4 Å². The number of benzene rings is 8. The van der Waals surface area contributed by atoms with E-state index in [0.29, 0.717) is 0 Å². The van der Waals surface area contributed by atoms with Crippen LogP contribution in [0.4, 0.5) is 17.1 Å². The third-order valence-electron chi connectivity index (χ3n) is 10.3. The number of hydrogen-bond acceptors (Lipinski definition) is 4. The Hall–Kier alpha value is -6.62. The Labute approximate surface area is 303 Å². The highest BCUT2D eigenvalue weighted by Gasteiger charge is 2.21. The number of hydrogen-bond donors (Lipinski definition) is 0. The SMILES string of the molecule is c1ccc(-c2ccc(N(c3ccc4c(c3)sc3ccccc34)c3cc(-c4ccc5c(c4)oc4ccccc45)c4oc5ccccc5c4c3)cc2)cc1. The molecule has 3 nitrogen and oxygen atoms in total. The number of anilines is 3. The van der Waals surface area contributed by atoms with E-state index in [-0.39, 0.29) is 0 Å². The number of furan rings is 2. The molecule has 52 heavy (non-hydrogen) atoms. The molecule has 0 saturated carbocycles. The summed E-state index contributed by atoms with van der Waals surface area (Å²) < 4.78 is 15.6. The van der Waals surface area contributed by atoms with Gasteiger partial charge in [-0.15, -0.1) is 11.3 Å². The lowest BCUT2D eigenvalue weighted by atomic mass is 9.99. The fourth-order valence-corrected chi connectivity index (χ4v) is 8.92. The normalized spacial score (nSPS) is 11.8. The standard InChI is InChI=1S/C48H29NO2S/c1-2-10-30(11-3-1)31-18-21-33(22-19-31)49(34-23-25-40-39-14-6-9-17-46(39)52-47(40)29-34)35-27-41(48-42(28-35)37-13-5-8-16-44(37)51-48)32-20-24-38-36-12-4-7-15-43(36)50-45(38)26-32/h1-29H. The summed E-state index contributed by atoms with van der Waals surface area (Å²) in [5, 5.41) is 6.95. The highest BCUT2D eigenvalue weighted by atomic mass is 32.1. The Bertz CT molecular complexity index is 3130. The van der Waals surface area contributed by atoms with E-state index in [2.05, 4.69) is 163 Å². The van der Waals surface area contributed by atoms with Gasteiger partial charge in [0.15, 0.2) is 0 Å². The molecule has 0 amide bonds. The molecule has 4 heteroatoms. The largest absolute Gasteiger partial charge is 0.456 e. The lowest BCUT2D eigenvalue weighted by Crippen LogP contribution is -2.10. The monoisotopic (exact) mass is 683 g/mol. The fraction of sp³-hybridized carbons (Fsp3) is 0. The Morgan fingerprint density at radius 1 is 0.346 bits per heavy atom. The van der Waals surface area contributed by atoms with Crippen molar-refractivity contribution in [2.24, 2.45) is 0 Å². The molecule has 0 aliphatic heterocycles. The minimum atomic E-state index is 0.858. The van der Waals surface area contributed by atoms with E-state index in [1.54, 1.807) is 0 Å². The van der Waals surface area contributed by atoms with Crippen LogP contribution in [0.5, 0.6) is 0 Å².